The van der Waals surface area contributed by atoms with Crippen LogP contribution < -0.4 is 0 Å². The van der Waals surface area contributed by atoms with Crippen LogP contribution in [-0.2, 0) is 6.54 Å². The van der Waals surface area contributed by atoms with Gasteiger partial charge in [-0.15, -0.1) is 5.10 Å². The van der Waals surface area contributed by atoms with Gasteiger partial charge < -0.3 is 4.90 Å². The second-order valence-corrected chi connectivity index (χ2v) is 9.26. The van der Waals surface area contributed by atoms with E-state index in [1.807, 2.05) is 0 Å². The molecule has 3 rings (SSSR count). The summed E-state index contributed by atoms with van der Waals surface area (Å²) in [5, 5.41) is 8.92. The predicted molar refractivity (Wildman–Crippen MR) is 103 cm³/mol. The van der Waals surface area contributed by atoms with Crippen LogP contribution in [0.15, 0.2) is 6.20 Å². The fourth-order valence-electron chi connectivity index (χ4n) is 3.99. The minimum atomic E-state index is 0.436. The summed E-state index contributed by atoms with van der Waals surface area (Å²) < 4.78 is 2.15. The van der Waals surface area contributed by atoms with Crippen molar-refractivity contribution in [1.29, 1.82) is 0 Å². The second-order valence-electron chi connectivity index (χ2n) is 9.26. The SMILES string of the molecule is CC(C)(C)CCN1CCC(n2cc(CN3CCCCCC3)nn2)CC1. The van der Waals surface area contributed by atoms with Gasteiger partial charge in [-0.2, -0.15) is 0 Å². The summed E-state index contributed by atoms with van der Waals surface area (Å²) in [6.07, 6.45) is 11.3. The molecule has 0 atom stereocenters. The molecule has 142 valence electrons. The average Bonchev–Trinajstić information content (AvgIpc) is 2.88. The molecule has 0 aliphatic carbocycles. The van der Waals surface area contributed by atoms with Crippen LogP contribution >= 0.6 is 0 Å². The molecule has 3 heterocycles. The first-order valence-electron chi connectivity index (χ1n) is 10.3. The van der Waals surface area contributed by atoms with Gasteiger partial charge in [-0.3, -0.25) is 4.90 Å². The third-order valence-electron chi connectivity index (χ3n) is 5.75. The van der Waals surface area contributed by atoms with E-state index in [1.54, 1.807) is 0 Å². The van der Waals surface area contributed by atoms with Gasteiger partial charge >= 0.3 is 0 Å². The lowest BCUT2D eigenvalue weighted by Crippen LogP contribution is -2.36. The molecule has 2 aliphatic heterocycles. The first-order valence-corrected chi connectivity index (χ1v) is 10.3. The van der Waals surface area contributed by atoms with Crippen molar-refractivity contribution in [2.24, 2.45) is 5.41 Å². The lowest BCUT2D eigenvalue weighted by Gasteiger charge is -2.33. The summed E-state index contributed by atoms with van der Waals surface area (Å²) in [5.74, 6) is 0. The highest BCUT2D eigenvalue weighted by Crippen LogP contribution is 2.25. The molecule has 25 heavy (non-hydrogen) atoms. The van der Waals surface area contributed by atoms with E-state index in [-0.39, 0.29) is 0 Å². The average molecular weight is 348 g/mol. The monoisotopic (exact) mass is 347 g/mol. The maximum atomic E-state index is 4.46. The fourth-order valence-corrected chi connectivity index (χ4v) is 3.99. The summed E-state index contributed by atoms with van der Waals surface area (Å²) in [6.45, 7) is 14.0. The molecular formula is C20H37N5. The lowest BCUT2D eigenvalue weighted by molar-refractivity contribution is 0.159. The smallest absolute Gasteiger partial charge is 0.0967 e. The predicted octanol–water partition coefficient (Wildman–Crippen LogP) is 3.73. The van der Waals surface area contributed by atoms with Crippen LogP contribution in [0, 0.1) is 5.41 Å². The van der Waals surface area contributed by atoms with Gasteiger partial charge in [0, 0.05) is 19.6 Å². The highest BCUT2D eigenvalue weighted by Gasteiger charge is 2.23. The van der Waals surface area contributed by atoms with Gasteiger partial charge in [-0.1, -0.05) is 38.8 Å². The van der Waals surface area contributed by atoms with Crippen molar-refractivity contribution in [1.82, 2.24) is 24.8 Å². The van der Waals surface area contributed by atoms with Crippen molar-refractivity contribution in [2.45, 2.75) is 78.3 Å². The summed E-state index contributed by atoms with van der Waals surface area (Å²) in [7, 11) is 0. The molecule has 1 aromatic heterocycles. The molecule has 5 nitrogen and oxygen atoms in total. The molecule has 0 bridgehead atoms. The number of nitrogens with zero attached hydrogens (tertiary/aromatic N) is 5. The zero-order chi connectivity index (χ0) is 17.7. The van der Waals surface area contributed by atoms with E-state index in [1.165, 1.54) is 77.7 Å². The van der Waals surface area contributed by atoms with E-state index in [2.05, 4.69) is 51.8 Å². The largest absolute Gasteiger partial charge is 0.303 e. The Kier molecular flexibility index (Phi) is 6.50. The Labute approximate surface area is 153 Å². The molecule has 2 saturated heterocycles. The third kappa shape index (κ3) is 6.07. The van der Waals surface area contributed by atoms with Gasteiger partial charge in [-0.05, 0) is 57.2 Å². The topological polar surface area (TPSA) is 37.2 Å². The zero-order valence-electron chi connectivity index (χ0n) is 16.6. The van der Waals surface area contributed by atoms with Gasteiger partial charge in [0.05, 0.1) is 17.9 Å². The van der Waals surface area contributed by atoms with Crippen molar-refractivity contribution < 1.29 is 0 Å². The Bertz CT molecular complexity index is 502. The van der Waals surface area contributed by atoms with Crippen LogP contribution in [0.4, 0.5) is 0 Å². The number of rotatable bonds is 5. The molecule has 0 amide bonds. The van der Waals surface area contributed by atoms with E-state index in [9.17, 15) is 0 Å². The maximum absolute atomic E-state index is 4.46. The number of hydrogen-bond acceptors (Lipinski definition) is 4. The fraction of sp³-hybridized carbons (Fsp3) is 0.900. The maximum Gasteiger partial charge on any atom is 0.0967 e. The summed E-state index contributed by atoms with van der Waals surface area (Å²) in [6, 6.07) is 0.538. The van der Waals surface area contributed by atoms with Crippen molar-refractivity contribution in [2.75, 3.05) is 32.7 Å². The lowest BCUT2D eigenvalue weighted by atomic mass is 9.91. The summed E-state index contributed by atoms with van der Waals surface area (Å²) in [5.41, 5.74) is 1.59. The van der Waals surface area contributed by atoms with Crippen LogP contribution in [0.3, 0.4) is 0 Å². The molecule has 0 saturated carbocycles. The number of hydrogen-bond donors (Lipinski definition) is 0. The van der Waals surface area contributed by atoms with Crippen LogP contribution in [-0.4, -0.2) is 57.5 Å². The standard InChI is InChI=1S/C20H37N5/c1-20(2,3)10-15-23-13-8-19(9-14-23)25-17-18(21-22-25)16-24-11-6-4-5-7-12-24/h17,19H,4-16H2,1-3H3. The normalized spacial score (nSPS) is 22.2. The minimum Gasteiger partial charge on any atom is -0.303 e. The summed E-state index contributed by atoms with van der Waals surface area (Å²) in [4.78, 5) is 5.17. The Morgan fingerprint density at radius 2 is 1.64 bits per heavy atom. The number of likely N-dealkylation sites (tertiary alicyclic amines) is 2. The first kappa shape index (κ1) is 18.8. The molecule has 0 radical (unpaired) electrons. The van der Waals surface area contributed by atoms with E-state index >= 15 is 0 Å². The van der Waals surface area contributed by atoms with E-state index in [0.717, 1.165) is 12.2 Å². The molecule has 5 heteroatoms. The van der Waals surface area contributed by atoms with Crippen LogP contribution in [0.25, 0.3) is 0 Å². The Morgan fingerprint density at radius 1 is 0.960 bits per heavy atom. The van der Waals surface area contributed by atoms with Gasteiger partial charge in [0.2, 0.25) is 0 Å². The van der Waals surface area contributed by atoms with Gasteiger partial charge in [0.25, 0.3) is 0 Å². The minimum absolute atomic E-state index is 0.436. The molecule has 0 aromatic carbocycles. The highest BCUT2D eigenvalue weighted by molar-refractivity contribution is 4.94. The van der Waals surface area contributed by atoms with Gasteiger partial charge in [-0.25, -0.2) is 4.68 Å². The molecule has 0 spiro atoms. The van der Waals surface area contributed by atoms with Crippen LogP contribution in [0.2, 0.25) is 0 Å². The second kappa shape index (κ2) is 8.63. The highest BCUT2D eigenvalue weighted by atomic mass is 15.4. The molecule has 2 aliphatic rings. The summed E-state index contributed by atoms with van der Waals surface area (Å²) >= 11 is 0. The zero-order valence-corrected chi connectivity index (χ0v) is 16.6. The molecule has 2 fully saturated rings. The van der Waals surface area contributed by atoms with Crippen molar-refractivity contribution >= 4 is 0 Å². The van der Waals surface area contributed by atoms with E-state index < -0.39 is 0 Å². The Morgan fingerprint density at radius 3 is 2.28 bits per heavy atom. The Balaban J connectivity index is 1.45. The molecular weight excluding hydrogens is 310 g/mol. The molecule has 0 unspecified atom stereocenters. The van der Waals surface area contributed by atoms with Gasteiger partial charge in [0.15, 0.2) is 0 Å². The van der Waals surface area contributed by atoms with Crippen LogP contribution in [0.1, 0.15) is 77.5 Å². The number of aromatic nitrogens is 3. The molecule has 1 aromatic rings. The van der Waals surface area contributed by atoms with Crippen molar-refractivity contribution in [3.63, 3.8) is 0 Å². The Hall–Kier alpha value is -0.940. The van der Waals surface area contributed by atoms with Crippen molar-refractivity contribution in [3.05, 3.63) is 11.9 Å². The third-order valence-corrected chi connectivity index (χ3v) is 5.75. The van der Waals surface area contributed by atoms with E-state index in [4.69, 9.17) is 0 Å². The number of piperidine rings is 1. The van der Waals surface area contributed by atoms with Crippen LogP contribution in [0.5, 0.6) is 0 Å². The quantitative estimate of drug-likeness (QED) is 0.813. The van der Waals surface area contributed by atoms with Gasteiger partial charge in [0.1, 0.15) is 0 Å². The first-order chi connectivity index (χ1) is 12.0. The van der Waals surface area contributed by atoms with Crippen molar-refractivity contribution in [3.8, 4) is 0 Å². The van der Waals surface area contributed by atoms with E-state index in [0.29, 0.717) is 11.5 Å². The molecule has 0 N–H and O–H groups in total.